The Morgan fingerprint density at radius 2 is 2.25 bits per heavy atom. The van der Waals surface area contributed by atoms with Gasteiger partial charge in [-0.3, -0.25) is 4.57 Å². The molecule has 0 atom stereocenters. The van der Waals surface area contributed by atoms with Gasteiger partial charge in [-0.1, -0.05) is 24.8 Å². The van der Waals surface area contributed by atoms with Gasteiger partial charge in [0.25, 0.3) is 0 Å². The molecule has 7 heteroatoms. The Hall–Kier alpha value is -1.76. The molecule has 2 N–H and O–H groups in total. The van der Waals surface area contributed by atoms with Crippen LogP contribution in [-0.4, -0.2) is 26.3 Å². The van der Waals surface area contributed by atoms with Gasteiger partial charge < -0.3 is 5.32 Å². The van der Waals surface area contributed by atoms with Gasteiger partial charge in [0.1, 0.15) is 5.82 Å². The molecule has 2 aromatic heterocycles. The Morgan fingerprint density at radius 3 is 2.90 bits per heavy atom. The molecule has 0 aliphatic rings. The van der Waals surface area contributed by atoms with E-state index in [-0.39, 0.29) is 5.69 Å². The molecule has 0 unspecified atom stereocenters. The van der Waals surface area contributed by atoms with Gasteiger partial charge in [-0.05, 0) is 25.0 Å². The maximum Gasteiger partial charge on any atom is 0.343 e. The summed E-state index contributed by atoms with van der Waals surface area (Å²) in [6.07, 6.45) is 2.76. The predicted octanol–water partition coefficient (Wildman–Crippen LogP) is 2.10. The third-order valence-electron chi connectivity index (χ3n) is 2.72. The first kappa shape index (κ1) is 14.6. The molecule has 20 heavy (non-hydrogen) atoms. The fraction of sp³-hybridized carbons (Fsp3) is 0.462. The number of pyridine rings is 1. The quantitative estimate of drug-likeness (QED) is 0.765. The van der Waals surface area contributed by atoms with Gasteiger partial charge in [0.15, 0.2) is 5.16 Å². The second kappa shape index (κ2) is 7.14. The van der Waals surface area contributed by atoms with E-state index in [1.807, 2.05) is 32.2 Å². The molecule has 0 aromatic carbocycles. The summed E-state index contributed by atoms with van der Waals surface area (Å²) >= 11 is 1.54. The Morgan fingerprint density at radius 1 is 1.40 bits per heavy atom. The first-order valence-corrected chi connectivity index (χ1v) is 7.70. The first-order chi connectivity index (χ1) is 9.74. The van der Waals surface area contributed by atoms with Crippen LogP contribution < -0.4 is 11.0 Å². The second-order valence-corrected chi connectivity index (χ2v) is 5.28. The van der Waals surface area contributed by atoms with Crippen molar-refractivity contribution in [1.29, 1.82) is 0 Å². The summed E-state index contributed by atoms with van der Waals surface area (Å²) in [7, 11) is 0. The smallest absolute Gasteiger partial charge is 0.343 e. The Kier molecular flexibility index (Phi) is 5.23. The number of aromatic amines is 1. The van der Waals surface area contributed by atoms with Crippen LogP contribution in [0.25, 0.3) is 0 Å². The van der Waals surface area contributed by atoms with E-state index in [0.717, 1.165) is 35.3 Å². The van der Waals surface area contributed by atoms with Gasteiger partial charge in [-0.15, -0.1) is 5.10 Å². The predicted molar refractivity (Wildman–Crippen MR) is 81.1 cm³/mol. The van der Waals surface area contributed by atoms with Crippen molar-refractivity contribution in [3.05, 3.63) is 34.4 Å². The summed E-state index contributed by atoms with van der Waals surface area (Å²) in [5, 5.41) is 10.4. The maximum absolute atomic E-state index is 11.6. The SMILES string of the molecule is CCCn1c(SCc2ccc(NCC)nc2)n[nH]c1=O. The lowest BCUT2D eigenvalue weighted by Gasteiger charge is -2.05. The molecule has 6 nitrogen and oxygen atoms in total. The summed E-state index contributed by atoms with van der Waals surface area (Å²) < 4.78 is 1.67. The average molecular weight is 293 g/mol. The molecule has 0 fully saturated rings. The molecule has 0 spiro atoms. The lowest BCUT2D eigenvalue weighted by molar-refractivity contribution is 0.604. The zero-order valence-corrected chi connectivity index (χ0v) is 12.5. The molecule has 0 amide bonds. The number of nitrogens with one attached hydrogen (secondary N) is 2. The molecule has 0 saturated carbocycles. The minimum absolute atomic E-state index is 0.144. The molecule has 108 valence electrons. The minimum atomic E-state index is -0.144. The molecule has 2 heterocycles. The van der Waals surface area contributed by atoms with Crippen molar-refractivity contribution in [2.24, 2.45) is 0 Å². The fourth-order valence-corrected chi connectivity index (χ4v) is 2.68. The van der Waals surface area contributed by atoms with E-state index >= 15 is 0 Å². The number of rotatable bonds is 7. The highest BCUT2D eigenvalue weighted by Gasteiger charge is 2.08. The molecule has 0 saturated heterocycles. The minimum Gasteiger partial charge on any atom is -0.370 e. The van der Waals surface area contributed by atoms with E-state index in [1.165, 1.54) is 0 Å². The number of aromatic nitrogens is 4. The van der Waals surface area contributed by atoms with Crippen molar-refractivity contribution in [3.63, 3.8) is 0 Å². The van der Waals surface area contributed by atoms with E-state index in [2.05, 4.69) is 20.5 Å². The lowest BCUT2D eigenvalue weighted by Crippen LogP contribution is -2.17. The molecular weight excluding hydrogens is 274 g/mol. The first-order valence-electron chi connectivity index (χ1n) is 6.71. The number of hydrogen-bond acceptors (Lipinski definition) is 5. The van der Waals surface area contributed by atoms with Crippen LogP contribution in [0.2, 0.25) is 0 Å². The van der Waals surface area contributed by atoms with Crippen LogP contribution >= 0.6 is 11.8 Å². The van der Waals surface area contributed by atoms with Crippen molar-refractivity contribution in [1.82, 2.24) is 19.7 Å². The van der Waals surface area contributed by atoms with Gasteiger partial charge in [0.05, 0.1) is 0 Å². The van der Waals surface area contributed by atoms with Crippen molar-refractivity contribution >= 4 is 17.6 Å². The molecule has 2 rings (SSSR count). The van der Waals surface area contributed by atoms with Gasteiger partial charge in [0, 0.05) is 25.0 Å². The maximum atomic E-state index is 11.6. The van der Waals surface area contributed by atoms with E-state index in [9.17, 15) is 4.79 Å². The highest BCUT2D eigenvalue weighted by molar-refractivity contribution is 7.98. The second-order valence-electron chi connectivity index (χ2n) is 4.33. The van der Waals surface area contributed by atoms with Crippen LogP contribution in [0.5, 0.6) is 0 Å². The van der Waals surface area contributed by atoms with E-state index in [0.29, 0.717) is 6.54 Å². The third-order valence-corrected chi connectivity index (χ3v) is 3.77. The molecule has 2 aromatic rings. The summed E-state index contributed by atoms with van der Waals surface area (Å²) in [5.74, 6) is 1.62. The fourth-order valence-electron chi connectivity index (χ4n) is 1.78. The largest absolute Gasteiger partial charge is 0.370 e. The Labute approximate surface area is 122 Å². The number of H-pyrrole nitrogens is 1. The topological polar surface area (TPSA) is 75.6 Å². The number of anilines is 1. The lowest BCUT2D eigenvalue weighted by atomic mass is 10.3. The average Bonchev–Trinajstić information content (AvgIpc) is 2.80. The van der Waals surface area contributed by atoms with Gasteiger partial charge in [0.2, 0.25) is 0 Å². The van der Waals surface area contributed by atoms with Crippen LogP contribution in [-0.2, 0) is 12.3 Å². The van der Waals surface area contributed by atoms with Crippen LogP contribution in [0, 0.1) is 0 Å². The summed E-state index contributed by atoms with van der Waals surface area (Å²) in [5.41, 5.74) is 0.963. The molecule has 0 aliphatic carbocycles. The number of nitrogens with zero attached hydrogens (tertiary/aromatic N) is 3. The van der Waals surface area contributed by atoms with Crippen LogP contribution in [0.1, 0.15) is 25.8 Å². The van der Waals surface area contributed by atoms with Crippen LogP contribution in [0.4, 0.5) is 5.82 Å². The van der Waals surface area contributed by atoms with Gasteiger partial charge in [-0.2, -0.15) is 0 Å². The van der Waals surface area contributed by atoms with Crippen LogP contribution in [0.15, 0.2) is 28.3 Å². The standard InChI is InChI=1S/C13H19N5OS/c1-3-7-18-12(19)16-17-13(18)20-9-10-5-6-11(14-4-2)15-8-10/h5-6,8H,3-4,7,9H2,1-2H3,(H,14,15)(H,16,19). The van der Waals surface area contributed by atoms with E-state index < -0.39 is 0 Å². The van der Waals surface area contributed by atoms with E-state index in [4.69, 9.17) is 0 Å². The molecule has 0 aliphatic heterocycles. The van der Waals surface area contributed by atoms with Crippen molar-refractivity contribution in [2.75, 3.05) is 11.9 Å². The van der Waals surface area contributed by atoms with Crippen molar-refractivity contribution in [3.8, 4) is 0 Å². The summed E-state index contributed by atoms with van der Waals surface area (Å²) in [6, 6.07) is 4.00. The van der Waals surface area contributed by atoms with Gasteiger partial charge >= 0.3 is 5.69 Å². The molecule has 0 radical (unpaired) electrons. The zero-order valence-electron chi connectivity index (χ0n) is 11.7. The Balaban J connectivity index is 1.99. The van der Waals surface area contributed by atoms with Gasteiger partial charge in [-0.25, -0.2) is 14.9 Å². The summed E-state index contributed by atoms with van der Waals surface area (Å²) in [4.78, 5) is 15.9. The normalized spacial score (nSPS) is 10.7. The third kappa shape index (κ3) is 3.63. The van der Waals surface area contributed by atoms with E-state index in [1.54, 1.807) is 16.3 Å². The number of hydrogen-bond donors (Lipinski definition) is 2. The highest BCUT2D eigenvalue weighted by atomic mass is 32.2. The zero-order chi connectivity index (χ0) is 14.4. The Bertz CT molecular complexity index is 590. The van der Waals surface area contributed by atoms with Crippen molar-refractivity contribution < 1.29 is 0 Å². The summed E-state index contributed by atoms with van der Waals surface area (Å²) in [6.45, 7) is 5.63. The van der Waals surface area contributed by atoms with Crippen LogP contribution in [0.3, 0.4) is 0 Å². The molecular formula is C13H19N5OS. The number of thioether (sulfide) groups is 1. The van der Waals surface area contributed by atoms with Crippen molar-refractivity contribution in [2.45, 2.75) is 37.7 Å². The molecule has 0 bridgehead atoms. The monoisotopic (exact) mass is 293 g/mol. The highest BCUT2D eigenvalue weighted by Crippen LogP contribution is 2.19.